The summed E-state index contributed by atoms with van der Waals surface area (Å²) in [4.78, 5) is 5.15. The van der Waals surface area contributed by atoms with Crippen LogP contribution < -0.4 is 0 Å². The van der Waals surface area contributed by atoms with E-state index in [4.69, 9.17) is 4.98 Å². The summed E-state index contributed by atoms with van der Waals surface area (Å²) in [6.07, 6.45) is 0. The molecule has 6 aromatic carbocycles. The summed E-state index contributed by atoms with van der Waals surface area (Å²) in [5.74, 6) is 0. The Hall–Kier alpha value is -4.95. The number of hydrogen-bond donors (Lipinski definition) is 0. The van der Waals surface area contributed by atoms with Crippen molar-refractivity contribution in [2.24, 2.45) is 0 Å². The van der Waals surface area contributed by atoms with Crippen LogP contribution in [0.25, 0.3) is 71.4 Å². The van der Waals surface area contributed by atoms with E-state index < -0.39 is 0 Å². The Balaban J connectivity index is 1.44. The van der Waals surface area contributed by atoms with Crippen LogP contribution in [-0.4, -0.2) is 9.38 Å². The fraction of sp³-hybridized carbons (Fsp3) is 0. The van der Waals surface area contributed by atoms with Crippen molar-refractivity contribution < 1.29 is 0 Å². The van der Waals surface area contributed by atoms with Crippen molar-refractivity contribution in [2.45, 2.75) is 0 Å². The Morgan fingerprint density at radius 2 is 1.08 bits per heavy atom. The lowest BCUT2D eigenvalue weighted by Gasteiger charge is -2.13. The fourth-order valence-corrected chi connectivity index (χ4v) is 5.78. The number of pyridine rings is 1. The molecule has 8 aromatic rings. The van der Waals surface area contributed by atoms with E-state index in [0.717, 1.165) is 16.7 Å². The summed E-state index contributed by atoms with van der Waals surface area (Å²) in [6, 6.07) is 47.8. The van der Waals surface area contributed by atoms with Gasteiger partial charge < -0.3 is 0 Å². The highest BCUT2D eigenvalue weighted by molar-refractivity contribution is 6.23. The van der Waals surface area contributed by atoms with E-state index in [1.807, 2.05) is 0 Å². The fourth-order valence-electron chi connectivity index (χ4n) is 5.78. The average Bonchev–Trinajstić information content (AvgIpc) is 3.37. The zero-order valence-electron chi connectivity index (χ0n) is 20.1. The van der Waals surface area contributed by atoms with E-state index in [-0.39, 0.29) is 0 Å². The summed E-state index contributed by atoms with van der Waals surface area (Å²) in [6.45, 7) is 0. The van der Waals surface area contributed by atoms with Crippen LogP contribution >= 0.6 is 0 Å². The molecule has 0 bridgehead atoms. The minimum Gasteiger partial charge on any atom is -0.292 e. The van der Waals surface area contributed by atoms with Crippen molar-refractivity contribution in [3.8, 4) is 22.3 Å². The van der Waals surface area contributed by atoms with E-state index in [9.17, 15) is 0 Å². The highest BCUT2D eigenvalue weighted by Gasteiger charge is 2.16. The third-order valence-corrected chi connectivity index (χ3v) is 7.57. The summed E-state index contributed by atoms with van der Waals surface area (Å²) in [5, 5.41) is 6.16. The largest absolute Gasteiger partial charge is 0.292 e. The molecular weight excluding hydrogens is 448 g/mol. The molecule has 0 radical (unpaired) electrons. The molecular formula is C35H22N2. The minimum absolute atomic E-state index is 1.01. The van der Waals surface area contributed by atoms with E-state index in [0.29, 0.717) is 0 Å². The number of aromatic nitrogens is 2. The zero-order valence-corrected chi connectivity index (χ0v) is 20.1. The van der Waals surface area contributed by atoms with Crippen molar-refractivity contribution in [2.75, 3.05) is 0 Å². The van der Waals surface area contributed by atoms with Crippen LogP contribution in [0.4, 0.5) is 0 Å². The molecule has 0 saturated heterocycles. The second-order valence-electron chi connectivity index (χ2n) is 9.64. The first kappa shape index (κ1) is 20.3. The Labute approximate surface area is 214 Å². The number of fused-ring (bicyclic) bond motifs is 10. The normalized spacial score (nSPS) is 11.8. The molecule has 2 heteroatoms. The number of benzene rings is 6. The lowest BCUT2D eigenvalue weighted by molar-refractivity contribution is 1.32. The van der Waals surface area contributed by atoms with E-state index in [2.05, 4.69) is 138 Å². The molecule has 2 heterocycles. The third-order valence-electron chi connectivity index (χ3n) is 7.57. The minimum atomic E-state index is 1.01. The molecule has 0 aliphatic heterocycles. The van der Waals surface area contributed by atoms with Gasteiger partial charge in [0, 0.05) is 10.8 Å². The molecule has 0 N–H and O–H groups in total. The summed E-state index contributed by atoms with van der Waals surface area (Å²) in [7, 11) is 0. The van der Waals surface area contributed by atoms with Crippen molar-refractivity contribution in [3.05, 3.63) is 133 Å². The molecule has 0 amide bonds. The smallest absolute Gasteiger partial charge is 0.147 e. The van der Waals surface area contributed by atoms with Gasteiger partial charge in [0.1, 0.15) is 5.65 Å². The standard InChI is InChI=1S/C35H22N2/c1-2-8-23(9-3-1)24-14-16-25(17-15-24)27-19-20-29-30-21-18-26-10-4-5-11-28(26)34(30)35-36-31-12-6-7-13-32(31)37(35)33(29)22-27/h1-22H. The molecule has 2 nitrogen and oxygen atoms in total. The SMILES string of the molecule is c1ccc(-c2ccc(-c3ccc4c5ccc6ccccc6c5c5nc6ccccc6n5c4c3)cc2)cc1. The third kappa shape index (κ3) is 3.03. The summed E-state index contributed by atoms with van der Waals surface area (Å²) >= 11 is 0. The first-order chi connectivity index (χ1) is 18.3. The Morgan fingerprint density at radius 3 is 1.95 bits per heavy atom. The number of para-hydroxylation sites is 2. The van der Waals surface area contributed by atoms with Crippen molar-refractivity contribution in [1.82, 2.24) is 9.38 Å². The maximum atomic E-state index is 5.15. The monoisotopic (exact) mass is 470 g/mol. The molecule has 0 aliphatic rings. The first-order valence-corrected chi connectivity index (χ1v) is 12.7. The lowest BCUT2D eigenvalue weighted by atomic mass is 9.96. The van der Waals surface area contributed by atoms with Gasteiger partial charge in [-0.25, -0.2) is 4.98 Å². The molecule has 0 spiro atoms. The molecule has 0 atom stereocenters. The quantitative estimate of drug-likeness (QED) is 0.230. The van der Waals surface area contributed by atoms with Crippen LogP contribution in [0.2, 0.25) is 0 Å². The second-order valence-corrected chi connectivity index (χ2v) is 9.64. The van der Waals surface area contributed by atoms with Crippen LogP contribution in [0.15, 0.2) is 133 Å². The Bertz CT molecular complexity index is 2120. The van der Waals surface area contributed by atoms with Crippen molar-refractivity contribution in [1.29, 1.82) is 0 Å². The van der Waals surface area contributed by atoms with Gasteiger partial charge in [-0.05, 0) is 56.6 Å². The molecule has 37 heavy (non-hydrogen) atoms. The predicted octanol–water partition coefficient (Wildman–Crippen LogP) is 9.28. The second kappa shape index (κ2) is 7.78. The van der Waals surface area contributed by atoms with Gasteiger partial charge in [0.15, 0.2) is 0 Å². The highest BCUT2D eigenvalue weighted by Crippen LogP contribution is 2.38. The topological polar surface area (TPSA) is 17.3 Å². The van der Waals surface area contributed by atoms with Gasteiger partial charge in [0.05, 0.1) is 16.6 Å². The number of nitrogens with zero attached hydrogens (tertiary/aromatic N) is 2. The molecule has 172 valence electrons. The van der Waals surface area contributed by atoms with Gasteiger partial charge in [-0.2, -0.15) is 0 Å². The maximum Gasteiger partial charge on any atom is 0.147 e. The Morgan fingerprint density at radius 1 is 0.432 bits per heavy atom. The summed E-state index contributed by atoms with van der Waals surface area (Å²) < 4.78 is 2.35. The van der Waals surface area contributed by atoms with E-state index in [1.165, 1.54) is 54.7 Å². The molecule has 0 aliphatic carbocycles. The highest BCUT2D eigenvalue weighted by atomic mass is 15.0. The van der Waals surface area contributed by atoms with E-state index in [1.54, 1.807) is 0 Å². The predicted molar refractivity (Wildman–Crippen MR) is 156 cm³/mol. The first-order valence-electron chi connectivity index (χ1n) is 12.7. The van der Waals surface area contributed by atoms with Gasteiger partial charge in [-0.3, -0.25) is 4.40 Å². The molecule has 2 aromatic heterocycles. The van der Waals surface area contributed by atoms with Crippen molar-refractivity contribution >= 4 is 49.1 Å². The molecule has 0 saturated carbocycles. The van der Waals surface area contributed by atoms with Gasteiger partial charge >= 0.3 is 0 Å². The van der Waals surface area contributed by atoms with Gasteiger partial charge in [-0.1, -0.05) is 115 Å². The van der Waals surface area contributed by atoms with Crippen LogP contribution in [0.5, 0.6) is 0 Å². The van der Waals surface area contributed by atoms with Crippen LogP contribution in [-0.2, 0) is 0 Å². The average molecular weight is 471 g/mol. The summed E-state index contributed by atoms with van der Waals surface area (Å²) in [5.41, 5.74) is 9.21. The van der Waals surface area contributed by atoms with Gasteiger partial charge in [-0.15, -0.1) is 0 Å². The molecule has 0 fully saturated rings. The number of rotatable bonds is 2. The van der Waals surface area contributed by atoms with E-state index >= 15 is 0 Å². The zero-order chi connectivity index (χ0) is 24.3. The van der Waals surface area contributed by atoms with Crippen LogP contribution in [0.3, 0.4) is 0 Å². The van der Waals surface area contributed by atoms with Crippen LogP contribution in [0, 0.1) is 0 Å². The molecule has 0 unspecified atom stereocenters. The number of hydrogen-bond acceptors (Lipinski definition) is 1. The lowest BCUT2D eigenvalue weighted by Crippen LogP contribution is -1.93. The maximum absolute atomic E-state index is 5.15. The Kier molecular flexibility index (Phi) is 4.26. The van der Waals surface area contributed by atoms with Crippen molar-refractivity contribution in [3.63, 3.8) is 0 Å². The van der Waals surface area contributed by atoms with Gasteiger partial charge in [0.25, 0.3) is 0 Å². The number of imidazole rings is 1. The van der Waals surface area contributed by atoms with Gasteiger partial charge in [0.2, 0.25) is 0 Å². The van der Waals surface area contributed by atoms with Crippen LogP contribution in [0.1, 0.15) is 0 Å². The molecule has 8 rings (SSSR count).